The van der Waals surface area contributed by atoms with E-state index >= 15 is 0 Å². The van der Waals surface area contributed by atoms with E-state index in [0.717, 1.165) is 0 Å². The average molecular weight is 285 g/mol. The monoisotopic (exact) mass is 285 g/mol. The molecule has 0 saturated heterocycles. The van der Waals surface area contributed by atoms with Crippen LogP contribution in [0.25, 0.3) is 0 Å². The Morgan fingerprint density at radius 3 is 2.30 bits per heavy atom. The van der Waals surface area contributed by atoms with Crippen LogP contribution in [0.2, 0.25) is 0 Å². The Kier molecular flexibility index (Phi) is 7.57. The van der Waals surface area contributed by atoms with Crippen molar-refractivity contribution in [2.75, 3.05) is 7.11 Å². The minimum absolute atomic E-state index is 0.138. The van der Waals surface area contributed by atoms with E-state index < -0.39 is 17.7 Å². The summed E-state index contributed by atoms with van der Waals surface area (Å²) in [6.07, 6.45) is 2.75. The molecule has 114 valence electrons. The van der Waals surface area contributed by atoms with Crippen LogP contribution in [0.4, 0.5) is 4.79 Å². The van der Waals surface area contributed by atoms with Crippen molar-refractivity contribution in [1.82, 2.24) is 5.32 Å². The number of ketones is 1. The lowest BCUT2D eigenvalue weighted by molar-refractivity contribution is -0.140. The van der Waals surface area contributed by atoms with Crippen LogP contribution in [-0.2, 0) is 19.1 Å². The fourth-order valence-corrected chi connectivity index (χ4v) is 1.30. The molecule has 0 aliphatic rings. The third-order valence-corrected chi connectivity index (χ3v) is 2.15. The predicted octanol–water partition coefficient (Wildman–Crippen LogP) is 1.98. The minimum Gasteiger partial charge on any atom is -0.469 e. The van der Waals surface area contributed by atoms with E-state index in [1.54, 1.807) is 20.8 Å². The standard InChI is InChI=1S/C14H23NO5/c1-10(16)6-7-11(8-9-12(17)19-5)15-13(18)20-14(2,3)4/h6-7,11H,8-9H2,1-5H3,(H,15,18)/b7-6+/t11-/m0/s1. The number of carbonyl (C=O) groups excluding carboxylic acids is 3. The normalized spacial score (nSPS) is 12.8. The summed E-state index contributed by atoms with van der Waals surface area (Å²) in [7, 11) is 1.30. The highest BCUT2D eigenvalue weighted by Gasteiger charge is 2.19. The van der Waals surface area contributed by atoms with Crippen molar-refractivity contribution in [3.05, 3.63) is 12.2 Å². The van der Waals surface area contributed by atoms with E-state index in [-0.39, 0.29) is 18.2 Å². The molecule has 0 saturated carbocycles. The summed E-state index contributed by atoms with van der Waals surface area (Å²) in [5, 5.41) is 2.60. The number of nitrogens with one attached hydrogen (secondary N) is 1. The van der Waals surface area contributed by atoms with Crippen molar-refractivity contribution in [1.29, 1.82) is 0 Å². The molecule has 0 aromatic rings. The Balaban J connectivity index is 4.56. The second kappa shape index (κ2) is 8.35. The van der Waals surface area contributed by atoms with Gasteiger partial charge >= 0.3 is 12.1 Å². The van der Waals surface area contributed by atoms with Crippen LogP contribution in [0, 0.1) is 0 Å². The molecule has 0 rings (SSSR count). The van der Waals surface area contributed by atoms with Gasteiger partial charge in [0.2, 0.25) is 0 Å². The lowest BCUT2D eigenvalue weighted by Crippen LogP contribution is -2.38. The summed E-state index contributed by atoms with van der Waals surface area (Å²) in [5.41, 5.74) is -0.610. The quantitative estimate of drug-likeness (QED) is 0.596. The maximum Gasteiger partial charge on any atom is 0.408 e. The summed E-state index contributed by atoms with van der Waals surface area (Å²) < 4.78 is 9.66. The first-order valence-corrected chi connectivity index (χ1v) is 6.39. The van der Waals surface area contributed by atoms with Crippen LogP contribution in [0.15, 0.2) is 12.2 Å². The highest BCUT2D eigenvalue weighted by Crippen LogP contribution is 2.08. The molecule has 0 aromatic carbocycles. The van der Waals surface area contributed by atoms with E-state index in [2.05, 4.69) is 10.1 Å². The summed E-state index contributed by atoms with van der Waals surface area (Å²) in [4.78, 5) is 33.7. The van der Waals surface area contributed by atoms with Crippen LogP contribution >= 0.6 is 0 Å². The fourth-order valence-electron chi connectivity index (χ4n) is 1.30. The van der Waals surface area contributed by atoms with E-state index in [0.29, 0.717) is 6.42 Å². The highest BCUT2D eigenvalue weighted by molar-refractivity contribution is 5.87. The van der Waals surface area contributed by atoms with Gasteiger partial charge in [-0.2, -0.15) is 0 Å². The minimum atomic E-state index is -0.610. The van der Waals surface area contributed by atoms with Gasteiger partial charge in [0.1, 0.15) is 5.60 Å². The van der Waals surface area contributed by atoms with Gasteiger partial charge in [0.25, 0.3) is 0 Å². The zero-order chi connectivity index (χ0) is 15.8. The summed E-state index contributed by atoms with van der Waals surface area (Å²) >= 11 is 0. The fraction of sp³-hybridized carbons (Fsp3) is 0.643. The van der Waals surface area contributed by atoms with Gasteiger partial charge in [-0.15, -0.1) is 0 Å². The molecule has 0 heterocycles. The van der Waals surface area contributed by atoms with Crippen molar-refractivity contribution >= 4 is 17.8 Å². The highest BCUT2D eigenvalue weighted by atomic mass is 16.6. The number of esters is 1. The first-order valence-electron chi connectivity index (χ1n) is 6.39. The number of rotatable bonds is 6. The second-order valence-electron chi connectivity index (χ2n) is 5.34. The van der Waals surface area contributed by atoms with Crippen molar-refractivity contribution < 1.29 is 23.9 Å². The molecule has 6 nitrogen and oxygen atoms in total. The number of amides is 1. The molecule has 0 bridgehead atoms. The first kappa shape index (κ1) is 18.1. The van der Waals surface area contributed by atoms with E-state index in [1.807, 2.05) is 0 Å². The predicted molar refractivity (Wildman–Crippen MR) is 74.2 cm³/mol. The summed E-state index contributed by atoms with van der Waals surface area (Å²) in [6, 6.07) is -0.465. The van der Waals surface area contributed by atoms with Crippen LogP contribution < -0.4 is 5.32 Å². The van der Waals surface area contributed by atoms with Gasteiger partial charge in [0.15, 0.2) is 5.78 Å². The first-order chi connectivity index (χ1) is 9.14. The van der Waals surface area contributed by atoms with Gasteiger partial charge in [-0.3, -0.25) is 9.59 Å². The molecule has 1 amide bonds. The third-order valence-electron chi connectivity index (χ3n) is 2.15. The second-order valence-corrected chi connectivity index (χ2v) is 5.34. The van der Waals surface area contributed by atoms with Gasteiger partial charge in [-0.05, 0) is 40.2 Å². The molecule has 0 spiro atoms. The molecular weight excluding hydrogens is 262 g/mol. The molecule has 0 aliphatic carbocycles. The van der Waals surface area contributed by atoms with Crippen LogP contribution in [0.1, 0.15) is 40.5 Å². The Morgan fingerprint density at radius 1 is 1.25 bits per heavy atom. The molecule has 0 aliphatic heterocycles. The Labute approximate surface area is 119 Å². The molecule has 0 fully saturated rings. The lowest BCUT2D eigenvalue weighted by atomic mass is 10.1. The number of methoxy groups -OCH3 is 1. The van der Waals surface area contributed by atoms with Crippen LogP contribution in [-0.4, -0.2) is 36.6 Å². The molecule has 0 aromatic heterocycles. The smallest absolute Gasteiger partial charge is 0.408 e. The van der Waals surface area contributed by atoms with Gasteiger partial charge < -0.3 is 14.8 Å². The average Bonchev–Trinajstić information content (AvgIpc) is 2.29. The maximum absolute atomic E-state index is 11.7. The van der Waals surface area contributed by atoms with Crippen molar-refractivity contribution in [2.24, 2.45) is 0 Å². The molecular formula is C14H23NO5. The number of allylic oxidation sites excluding steroid dienone is 1. The molecule has 1 N–H and O–H groups in total. The topological polar surface area (TPSA) is 81.7 Å². The Bertz CT molecular complexity index is 382. The summed E-state index contributed by atoms with van der Waals surface area (Å²) in [5.74, 6) is -0.517. The Hall–Kier alpha value is -1.85. The van der Waals surface area contributed by atoms with Crippen molar-refractivity contribution in [3.63, 3.8) is 0 Å². The molecule has 0 radical (unpaired) electrons. The van der Waals surface area contributed by atoms with Crippen LogP contribution in [0.5, 0.6) is 0 Å². The SMILES string of the molecule is COC(=O)CC[C@H](/C=C/C(C)=O)NC(=O)OC(C)(C)C. The third kappa shape index (κ3) is 10.1. The van der Waals surface area contributed by atoms with Crippen LogP contribution in [0.3, 0.4) is 0 Å². The molecule has 0 unspecified atom stereocenters. The lowest BCUT2D eigenvalue weighted by Gasteiger charge is -2.22. The number of hydrogen-bond acceptors (Lipinski definition) is 5. The number of carbonyl (C=O) groups is 3. The summed E-state index contributed by atoms with van der Waals surface area (Å²) in [6.45, 7) is 6.66. The molecule has 1 atom stereocenters. The largest absolute Gasteiger partial charge is 0.469 e. The van der Waals surface area contributed by atoms with E-state index in [1.165, 1.54) is 26.2 Å². The van der Waals surface area contributed by atoms with Gasteiger partial charge in [-0.25, -0.2) is 4.79 Å². The van der Waals surface area contributed by atoms with Crippen molar-refractivity contribution in [3.8, 4) is 0 Å². The Morgan fingerprint density at radius 2 is 1.85 bits per heavy atom. The number of hydrogen-bond donors (Lipinski definition) is 1. The zero-order valence-electron chi connectivity index (χ0n) is 12.7. The molecule has 6 heteroatoms. The van der Waals surface area contributed by atoms with Crippen molar-refractivity contribution in [2.45, 2.75) is 52.2 Å². The van der Waals surface area contributed by atoms with Gasteiger partial charge in [0.05, 0.1) is 13.2 Å². The molecule has 20 heavy (non-hydrogen) atoms. The van der Waals surface area contributed by atoms with Gasteiger partial charge in [0, 0.05) is 6.42 Å². The number of alkyl carbamates (subject to hydrolysis) is 1. The maximum atomic E-state index is 11.7. The van der Waals surface area contributed by atoms with E-state index in [4.69, 9.17) is 4.74 Å². The van der Waals surface area contributed by atoms with E-state index in [9.17, 15) is 14.4 Å². The zero-order valence-corrected chi connectivity index (χ0v) is 12.7. The number of ether oxygens (including phenoxy) is 2. The van der Waals surface area contributed by atoms with Gasteiger partial charge in [-0.1, -0.05) is 6.08 Å².